The highest BCUT2D eigenvalue weighted by atomic mass is 15.1. The van der Waals surface area contributed by atoms with Gasteiger partial charge in [-0.1, -0.05) is 60.7 Å². The molecule has 0 unspecified atom stereocenters. The van der Waals surface area contributed by atoms with E-state index < -0.39 is 0 Å². The topological polar surface area (TPSA) is 28.2 Å². The number of aromatic nitrogens is 1. The number of likely N-dealkylation sites (N-methyl/N-ethyl adjacent to an activating group) is 2. The van der Waals surface area contributed by atoms with Crippen molar-refractivity contribution in [3.63, 3.8) is 0 Å². The minimum absolute atomic E-state index is 0.942. The maximum atomic E-state index is 4.79. The van der Waals surface area contributed by atoms with Gasteiger partial charge in [-0.15, -0.1) is 0 Å². The third-order valence-corrected chi connectivity index (χ3v) is 4.14. The van der Waals surface area contributed by atoms with Crippen molar-refractivity contribution in [2.45, 2.75) is 0 Å². The van der Waals surface area contributed by atoms with Crippen molar-refractivity contribution in [1.82, 2.24) is 10.3 Å². The lowest BCUT2D eigenvalue weighted by atomic mass is 9.99. The number of hydrogen-bond acceptors (Lipinski definition) is 3. The number of hydrogen-bond donors (Lipinski definition) is 1. The highest BCUT2D eigenvalue weighted by molar-refractivity contribution is 5.82. The molecule has 3 heteroatoms. The fourth-order valence-corrected chi connectivity index (χ4v) is 2.73. The molecule has 0 bridgehead atoms. The van der Waals surface area contributed by atoms with Crippen LogP contribution < -0.4 is 10.2 Å². The Labute approximate surface area is 144 Å². The number of anilines is 1. The monoisotopic (exact) mass is 317 g/mol. The molecular weight excluding hydrogens is 294 g/mol. The van der Waals surface area contributed by atoms with Gasteiger partial charge in [-0.25, -0.2) is 0 Å². The molecule has 0 fully saturated rings. The molecule has 1 aromatic heterocycles. The molecule has 1 heterocycles. The number of rotatable bonds is 6. The fourth-order valence-electron chi connectivity index (χ4n) is 2.73. The largest absolute Gasteiger partial charge is 0.372 e. The summed E-state index contributed by atoms with van der Waals surface area (Å²) in [6, 6.07) is 23.1. The van der Waals surface area contributed by atoms with Gasteiger partial charge in [0.1, 0.15) is 0 Å². The quantitative estimate of drug-likeness (QED) is 0.743. The van der Waals surface area contributed by atoms with Crippen LogP contribution in [0.5, 0.6) is 0 Å². The molecule has 0 spiro atoms. The minimum Gasteiger partial charge on any atom is -0.372 e. The summed E-state index contributed by atoms with van der Waals surface area (Å²) in [5.74, 6) is 0. The van der Waals surface area contributed by atoms with E-state index in [4.69, 9.17) is 4.98 Å². The number of nitrogens with one attached hydrogen (secondary N) is 1. The van der Waals surface area contributed by atoms with E-state index in [9.17, 15) is 0 Å². The molecule has 0 aliphatic carbocycles. The van der Waals surface area contributed by atoms with Gasteiger partial charge in [0.15, 0.2) is 0 Å². The molecule has 0 amide bonds. The zero-order chi connectivity index (χ0) is 16.8. The van der Waals surface area contributed by atoms with E-state index in [1.165, 1.54) is 5.56 Å². The first-order valence-electron chi connectivity index (χ1n) is 8.26. The lowest BCUT2D eigenvalue weighted by Crippen LogP contribution is -2.27. The lowest BCUT2D eigenvalue weighted by molar-refractivity contribution is 0.767. The van der Waals surface area contributed by atoms with E-state index in [1.54, 1.807) is 0 Å². The molecule has 3 aromatic rings. The summed E-state index contributed by atoms with van der Waals surface area (Å²) < 4.78 is 0. The Kier molecular flexibility index (Phi) is 5.24. The van der Waals surface area contributed by atoms with Crippen LogP contribution in [0.1, 0.15) is 0 Å². The minimum atomic E-state index is 0.942. The van der Waals surface area contributed by atoms with Crippen LogP contribution in [0.15, 0.2) is 72.9 Å². The van der Waals surface area contributed by atoms with Crippen molar-refractivity contribution < 1.29 is 0 Å². The van der Waals surface area contributed by atoms with Crippen LogP contribution in [0, 0.1) is 0 Å². The van der Waals surface area contributed by atoms with Gasteiger partial charge in [-0.05, 0) is 18.7 Å². The maximum Gasteiger partial charge on any atom is 0.0781 e. The summed E-state index contributed by atoms with van der Waals surface area (Å²) in [4.78, 5) is 7.02. The summed E-state index contributed by atoms with van der Waals surface area (Å²) >= 11 is 0. The average Bonchev–Trinajstić information content (AvgIpc) is 2.67. The van der Waals surface area contributed by atoms with Crippen LogP contribution in [-0.2, 0) is 0 Å². The second-order valence-corrected chi connectivity index (χ2v) is 5.85. The van der Waals surface area contributed by atoms with Crippen molar-refractivity contribution in [1.29, 1.82) is 0 Å². The van der Waals surface area contributed by atoms with Crippen LogP contribution in [0.25, 0.3) is 22.4 Å². The number of nitrogens with zero attached hydrogens (tertiary/aromatic N) is 2. The van der Waals surface area contributed by atoms with Gasteiger partial charge in [0.05, 0.1) is 17.6 Å². The first kappa shape index (κ1) is 16.2. The van der Waals surface area contributed by atoms with Gasteiger partial charge in [-0.2, -0.15) is 0 Å². The van der Waals surface area contributed by atoms with Crippen molar-refractivity contribution >= 4 is 5.69 Å². The Bertz CT molecular complexity index is 770. The predicted octanol–water partition coefficient (Wildman–Crippen LogP) is 4.07. The van der Waals surface area contributed by atoms with Crippen molar-refractivity contribution in [2.24, 2.45) is 0 Å². The second-order valence-electron chi connectivity index (χ2n) is 5.85. The standard InChI is InChI=1S/C21H23N3/c1-22-13-14-24(2)19-15-20(17-9-5-3-6-10-17)21(23-16-19)18-11-7-4-8-12-18/h3-12,15-16,22H,13-14H2,1-2H3. The molecule has 24 heavy (non-hydrogen) atoms. The molecule has 0 saturated carbocycles. The SMILES string of the molecule is CNCCN(C)c1cnc(-c2ccccc2)c(-c2ccccc2)c1. The van der Waals surface area contributed by atoms with Crippen LogP contribution >= 0.6 is 0 Å². The van der Waals surface area contributed by atoms with Gasteiger partial charge in [0.2, 0.25) is 0 Å². The van der Waals surface area contributed by atoms with E-state index >= 15 is 0 Å². The van der Waals surface area contributed by atoms with Crippen LogP contribution in [-0.4, -0.2) is 32.2 Å². The molecule has 3 nitrogen and oxygen atoms in total. The summed E-state index contributed by atoms with van der Waals surface area (Å²) in [7, 11) is 4.07. The van der Waals surface area contributed by atoms with Crippen molar-refractivity contribution in [3.05, 3.63) is 72.9 Å². The Hall–Kier alpha value is -2.65. The molecule has 0 atom stereocenters. The Morgan fingerprint density at radius 3 is 2.17 bits per heavy atom. The van der Waals surface area contributed by atoms with E-state index in [-0.39, 0.29) is 0 Å². The first-order valence-corrected chi connectivity index (χ1v) is 8.26. The Morgan fingerprint density at radius 2 is 1.54 bits per heavy atom. The van der Waals surface area contributed by atoms with Crippen molar-refractivity contribution in [3.8, 4) is 22.4 Å². The van der Waals surface area contributed by atoms with Crippen LogP contribution in [0.3, 0.4) is 0 Å². The van der Waals surface area contributed by atoms with E-state index in [0.29, 0.717) is 0 Å². The van der Waals surface area contributed by atoms with Gasteiger partial charge >= 0.3 is 0 Å². The summed E-state index contributed by atoms with van der Waals surface area (Å²) in [6.07, 6.45) is 1.96. The van der Waals surface area contributed by atoms with Crippen molar-refractivity contribution in [2.75, 3.05) is 32.1 Å². The predicted molar refractivity (Wildman–Crippen MR) is 102 cm³/mol. The molecule has 3 rings (SSSR count). The van der Waals surface area contributed by atoms with Gasteiger partial charge in [0, 0.05) is 31.3 Å². The van der Waals surface area contributed by atoms with Crippen LogP contribution in [0.2, 0.25) is 0 Å². The summed E-state index contributed by atoms with van der Waals surface area (Å²) in [6.45, 7) is 1.88. The molecule has 0 aliphatic heterocycles. The van der Waals surface area contributed by atoms with Gasteiger partial charge in [0.25, 0.3) is 0 Å². The molecule has 0 aliphatic rings. The number of pyridine rings is 1. The highest BCUT2D eigenvalue weighted by Crippen LogP contribution is 2.32. The summed E-state index contributed by atoms with van der Waals surface area (Å²) in [5.41, 5.74) is 5.64. The zero-order valence-electron chi connectivity index (χ0n) is 14.2. The maximum absolute atomic E-state index is 4.79. The Morgan fingerprint density at radius 1 is 0.917 bits per heavy atom. The molecule has 2 aromatic carbocycles. The number of benzene rings is 2. The third-order valence-electron chi connectivity index (χ3n) is 4.14. The molecular formula is C21H23N3. The smallest absolute Gasteiger partial charge is 0.0781 e. The lowest BCUT2D eigenvalue weighted by Gasteiger charge is -2.21. The average molecular weight is 317 g/mol. The molecule has 1 N–H and O–H groups in total. The third kappa shape index (κ3) is 3.63. The van der Waals surface area contributed by atoms with E-state index in [0.717, 1.165) is 35.6 Å². The molecule has 0 radical (unpaired) electrons. The first-order chi connectivity index (χ1) is 11.8. The van der Waals surface area contributed by atoms with Gasteiger partial charge < -0.3 is 10.2 Å². The summed E-state index contributed by atoms with van der Waals surface area (Å²) in [5, 5.41) is 3.19. The van der Waals surface area contributed by atoms with E-state index in [1.807, 2.05) is 25.4 Å². The van der Waals surface area contributed by atoms with Crippen LogP contribution in [0.4, 0.5) is 5.69 Å². The fraction of sp³-hybridized carbons (Fsp3) is 0.190. The second kappa shape index (κ2) is 7.75. The van der Waals surface area contributed by atoms with E-state index in [2.05, 4.69) is 71.9 Å². The molecule has 0 saturated heterocycles. The zero-order valence-corrected chi connectivity index (χ0v) is 14.2. The normalized spacial score (nSPS) is 10.6. The Balaban J connectivity index is 2.06. The molecule has 122 valence electrons. The highest BCUT2D eigenvalue weighted by Gasteiger charge is 2.11. The van der Waals surface area contributed by atoms with Gasteiger partial charge in [-0.3, -0.25) is 4.98 Å².